The third-order valence-electron chi connectivity index (χ3n) is 11.6. The van der Waals surface area contributed by atoms with Gasteiger partial charge in [-0.2, -0.15) is 0 Å². The number of allylic oxidation sites excluding steroid dienone is 1. The van der Waals surface area contributed by atoms with E-state index in [4.69, 9.17) is 28.4 Å². The second kappa shape index (κ2) is 8.13. The van der Waals surface area contributed by atoms with E-state index in [1.807, 2.05) is 0 Å². The van der Waals surface area contributed by atoms with Crippen LogP contribution in [0.2, 0.25) is 0 Å². The summed E-state index contributed by atoms with van der Waals surface area (Å²) in [7, 11) is 0. The Hall–Kier alpha value is -3.54. The van der Waals surface area contributed by atoms with Gasteiger partial charge in [-0.1, -0.05) is 19.6 Å². The van der Waals surface area contributed by atoms with Crippen molar-refractivity contribution in [1.29, 1.82) is 0 Å². The molecule has 0 unspecified atom stereocenters. The zero-order chi connectivity index (χ0) is 31.9. The van der Waals surface area contributed by atoms with Crippen LogP contribution in [0.4, 0.5) is 0 Å². The number of rotatable bonds is 3. The Morgan fingerprint density at radius 3 is 2.21 bits per heavy atom. The van der Waals surface area contributed by atoms with Crippen molar-refractivity contribution in [3.8, 4) is 0 Å². The van der Waals surface area contributed by atoms with Crippen LogP contribution >= 0.6 is 0 Å². The van der Waals surface area contributed by atoms with Crippen LogP contribution in [0, 0.1) is 16.2 Å². The van der Waals surface area contributed by atoms with Crippen LogP contribution in [-0.2, 0) is 57.2 Å². The number of carbonyl (C=O) groups excluding carboxylic acids is 6. The Bertz CT molecular complexity index is 1490. The molecule has 0 aromatic rings. The lowest BCUT2D eigenvalue weighted by Gasteiger charge is -2.68. The molecule has 3 bridgehead atoms. The fourth-order valence-electron chi connectivity index (χ4n) is 9.40. The van der Waals surface area contributed by atoms with Crippen LogP contribution < -0.4 is 0 Å². The zero-order valence-corrected chi connectivity index (χ0v) is 25.5. The average molecular weight is 601 g/mol. The number of cyclic esters (lactones) is 2. The van der Waals surface area contributed by atoms with Gasteiger partial charge in [0.05, 0.1) is 5.41 Å². The molecule has 0 aromatic heterocycles. The number of ether oxygens (including phenoxy) is 6. The van der Waals surface area contributed by atoms with Crippen molar-refractivity contribution in [3.05, 3.63) is 23.8 Å². The molecule has 0 N–H and O–H groups in total. The highest BCUT2D eigenvalue weighted by Crippen LogP contribution is 2.82. The monoisotopic (exact) mass is 600 g/mol. The molecule has 4 saturated heterocycles. The minimum absolute atomic E-state index is 0.0254. The predicted molar refractivity (Wildman–Crippen MR) is 143 cm³/mol. The number of Topliss-reactive ketones (excluding diaryl/α,β-unsaturated/α-hetero) is 1. The lowest BCUT2D eigenvalue weighted by atomic mass is 9.35. The number of fused-ring (bicyclic) bond motifs is 1. The largest absolute Gasteiger partial charge is 0.459 e. The van der Waals surface area contributed by atoms with Gasteiger partial charge in [0.25, 0.3) is 0 Å². The molecule has 0 amide bonds. The average Bonchev–Trinajstić information content (AvgIpc) is 3.23. The van der Waals surface area contributed by atoms with Gasteiger partial charge in [0.1, 0.15) is 23.4 Å². The summed E-state index contributed by atoms with van der Waals surface area (Å²) < 4.78 is 36.4. The molecule has 2 saturated carbocycles. The lowest BCUT2D eigenvalue weighted by Crippen LogP contribution is -2.85. The van der Waals surface area contributed by atoms with Crippen molar-refractivity contribution in [1.82, 2.24) is 0 Å². The zero-order valence-electron chi connectivity index (χ0n) is 25.5. The molecule has 43 heavy (non-hydrogen) atoms. The lowest BCUT2D eigenvalue weighted by molar-refractivity contribution is -0.274. The first kappa shape index (κ1) is 29.5. The standard InChI is InChI=1S/C31H36O12/c1-10-14(2)20(34)40-18-13-28(12-11-19(33)41-25(28,6)7)15(3)30-22(39-17(5)32)26(8)21(35)29(27(18,30)9)23(36)38-16(4)31(29,43-30)24(37)42-26/h10,16,18,22H,3,11-13H2,1-2,4-9H3/b14-10+/t16-,18-,22-,26-,27-,28+,29-,30-,31-/m0/s1. The SMILES string of the molecule is C=C1[C@@]2(CCC(=O)OC2(C)C)C[C@H](OC(=O)/C(C)=C/C)[C@@]2(C)[C@]34C(=O)O[C@@H](C)[C@@]35O[C@]12[C@@H](OC(C)=O)[C@@](C)(OC5=O)C4=O. The Morgan fingerprint density at radius 2 is 1.63 bits per heavy atom. The summed E-state index contributed by atoms with van der Waals surface area (Å²) in [4.78, 5) is 82.1. The molecule has 6 rings (SSSR count). The summed E-state index contributed by atoms with van der Waals surface area (Å²) in [5.74, 6) is -4.95. The van der Waals surface area contributed by atoms with Crippen molar-refractivity contribution in [3.63, 3.8) is 0 Å². The van der Waals surface area contributed by atoms with Gasteiger partial charge in [-0.15, -0.1) is 0 Å². The topological polar surface area (TPSA) is 158 Å². The second-order valence-corrected chi connectivity index (χ2v) is 13.5. The molecule has 4 heterocycles. The highest BCUT2D eigenvalue weighted by atomic mass is 16.7. The highest BCUT2D eigenvalue weighted by Gasteiger charge is 3.03. The Morgan fingerprint density at radius 1 is 0.977 bits per heavy atom. The number of ketones is 1. The fraction of sp³-hybridized carbons (Fsp3) is 0.677. The van der Waals surface area contributed by atoms with Gasteiger partial charge in [-0.25, -0.2) is 9.59 Å². The highest BCUT2D eigenvalue weighted by molar-refractivity contribution is 6.21. The van der Waals surface area contributed by atoms with E-state index in [0.29, 0.717) is 0 Å². The van der Waals surface area contributed by atoms with E-state index >= 15 is 0 Å². The van der Waals surface area contributed by atoms with E-state index in [-0.39, 0.29) is 30.4 Å². The van der Waals surface area contributed by atoms with Gasteiger partial charge in [0.15, 0.2) is 11.5 Å². The molecule has 2 aliphatic carbocycles. The van der Waals surface area contributed by atoms with E-state index in [0.717, 1.165) is 6.92 Å². The van der Waals surface area contributed by atoms with Gasteiger partial charge in [0.2, 0.25) is 17.0 Å². The van der Waals surface area contributed by atoms with Crippen molar-refractivity contribution in [2.24, 2.45) is 16.2 Å². The van der Waals surface area contributed by atoms with Crippen molar-refractivity contribution < 1.29 is 57.2 Å². The molecule has 9 atom stereocenters. The number of hydrogen-bond acceptors (Lipinski definition) is 12. The van der Waals surface area contributed by atoms with Gasteiger partial charge in [-0.05, 0) is 60.0 Å². The van der Waals surface area contributed by atoms with Crippen LogP contribution in [0.1, 0.15) is 74.7 Å². The molecule has 12 heteroatoms. The van der Waals surface area contributed by atoms with Crippen molar-refractivity contribution in [2.45, 2.75) is 115 Å². The Kier molecular flexibility index (Phi) is 5.59. The van der Waals surface area contributed by atoms with Crippen molar-refractivity contribution in [2.75, 3.05) is 0 Å². The van der Waals surface area contributed by atoms with Crippen LogP contribution in [0.15, 0.2) is 23.8 Å². The van der Waals surface area contributed by atoms with Crippen LogP contribution in [0.3, 0.4) is 0 Å². The molecule has 6 fully saturated rings. The minimum Gasteiger partial charge on any atom is -0.459 e. The van der Waals surface area contributed by atoms with E-state index in [1.54, 1.807) is 33.8 Å². The quantitative estimate of drug-likeness (QED) is 0.153. The van der Waals surface area contributed by atoms with Gasteiger partial charge in [-0.3, -0.25) is 19.2 Å². The number of carbonyl (C=O) groups is 6. The molecule has 6 aliphatic rings. The molecule has 0 aromatic carbocycles. The summed E-state index contributed by atoms with van der Waals surface area (Å²) in [6, 6.07) is 0. The Labute approximate surface area is 248 Å². The summed E-state index contributed by atoms with van der Waals surface area (Å²) >= 11 is 0. The predicted octanol–water partition coefficient (Wildman–Crippen LogP) is 2.20. The second-order valence-electron chi connectivity index (χ2n) is 13.5. The van der Waals surface area contributed by atoms with E-state index in [9.17, 15) is 28.8 Å². The maximum Gasteiger partial charge on any atom is 0.345 e. The third kappa shape index (κ3) is 2.71. The van der Waals surface area contributed by atoms with Gasteiger partial charge in [0, 0.05) is 24.3 Å². The summed E-state index contributed by atoms with van der Waals surface area (Å²) in [5.41, 5.74) is -12.8. The van der Waals surface area contributed by atoms with Gasteiger partial charge >= 0.3 is 29.8 Å². The maximum atomic E-state index is 14.9. The minimum atomic E-state index is -2.37. The van der Waals surface area contributed by atoms with E-state index < -0.39 is 92.6 Å². The first-order valence-corrected chi connectivity index (χ1v) is 14.4. The summed E-state index contributed by atoms with van der Waals surface area (Å²) in [6.07, 6.45) is -2.66. The summed E-state index contributed by atoms with van der Waals surface area (Å²) in [6.45, 7) is 16.4. The maximum absolute atomic E-state index is 14.9. The fourth-order valence-corrected chi connectivity index (χ4v) is 9.40. The van der Waals surface area contributed by atoms with Gasteiger partial charge < -0.3 is 28.4 Å². The number of hydrogen-bond donors (Lipinski definition) is 0. The molecule has 0 radical (unpaired) electrons. The first-order valence-electron chi connectivity index (χ1n) is 14.4. The van der Waals surface area contributed by atoms with Crippen molar-refractivity contribution >= 4 is 35.6 Å². The molecule has 232 valence electrons. The molecular formula is C31H36O12. The first-order chi connectivity index (χ1) is 19.8. The smallest absolute Gasteiger partial charge is 0.345 e. The third-order valence-corrected chi connectivity index (χ3v) is 11.6. The van der Waals surface area contributed by atoms with E-state index in [1.165, 1.54) is 20.8 Å². The van der Waals surface area contributed by atoms with E-state index in [2.05, 4.69) is 6.58 Å². The number of esters is 5. The Balaban J connectivity index is 1.76. The van der Waals surface area contributed by atoms with Crippen LogP contribution in [0.5, 0.6) is 0 Å². The molecule has 12 nitrogen and oxygen atoms in total. The van der Waals surface area contributed by atoms with Crippen LogP contribution in [-0.4, -0.2) is 76.3 Å². The summed E-state index contributed by atoms with van der Waals surface area (Å²) in [5, 5.41) is 0. The molecule has 4 aliphatic heterocycles. The van der Waals surface area contributed by atoms with Crippen LogP contribution in [0.25, 0.3) is 0 Å². The molecule has 2 spiro atoms. The molecular weight excluding hydrogens is 564 g/mol. The normalized spacial score (nSPS) is 47.4.